The number of carbonyl (C=O) groups is 3. The molecule has 43 heavy (non-hydrogen) atoms. The SMILES string of the molecule is O=C(O)CN1C(=O)/C(=c2\s/c(=C/C=C3\Sc4ccc5ccccc5c4N3CCCS(=O)(=O)O)c(=O)n2CC(=O)O)SC1=S. The fourth-order valence-electron chi connectivity index (χ4n) is 4.55. The van der Waals surface area contributed by atoms with E-state index in [1.165, 1.54) is 17.8 Å². The van der Waals surface area contributed by atoms with Crippen molar-refractivity contribution in [2.45, 2.75) is 17.9 Å². The molecule has 17 heteroatoms. The molecule has 0 spiro atoms. The summed E-state index contributed by atoms with van der Waals surface area (Å²) in [6.07, 6.45) is 3.28. The van der Waals surface area contributed by atoms with Gasteiger partial charge in [-0.1, -0.05) is 66.1 Å². The summed E-state index contributed by atoms with van der Waals surface area (Å²) in [4.78, 5) is 52.8. The first-order chi connectivity index (χ1) is 20.3. The number of thiazole rings is 1. The van der Waals surface area contributed by atoms with Gasteiger partial charge in [-0.25, -0.2) is 0 Å². The van der Waals surface area contributed by atoms with Gasteiger partial charge in [-0.2, -0.15) is 8.42 Å². The molecule has 5 rings (SSSR count). The first kappa shape index (κ1) is 31.0. The van der Waals surface area contributed by atoms with Gasteiger partial charge in [-0.15, -0.1) is 11.3 Å². The molecule has 0 aliphatic carbocycles. The number of nitrogens with zero attached hydrogens (tertiary/aromatic N) is 3. The van der Waals surface area contributed by atoms with Crippen LogP contribution in [0.2, 0.25) is 0 Å². The van der Waals surface area contributed by atoms with E-state index in [4.69, 9.17) is 17.3 Å². The molecule has 0 radical (unpaired) electrons. The summed E-state index contributed by atoms with van der Waals surface area (Å²) in [5.74, 6) is -3.77. The maximum Gasteiger partial charge on any atom is 0.323 e. The summed E-state index contributed by atoms with van der Waals surface area (Å²) in [5.41, 5.74) is 0.190. The number of amides is 1. The van der Waals surface area contributed by atoms with Crippen molar-refractivity contribution < 1.29 is 37.6 Å². The Morgan fingerprint density at radius 2 is 1.67 bits per heavy atom. The Balaban J connectivity index is 1.62. The highest BCUT2D eigenvalue weighted by molar-refractivity contribution is 8.30. The Kier molecular flexibility index (Phi) is 8.82. The van der Waals surface area contributed by atoms with Crippen molar-refractivity contribution in [2.75, 3.05) is 23.7 Å². The molecule has 1 amide bonds. The summed E-state index contributed by atoms with van der Waals surface area (Å²) in [6, 6.07) is 11.6. The van der Waals surface area contributed by atoms with Crippen LogP contribution in [-0.2, 0) is 31.0 Å². The van der Waals surface area contributed by atoms with E-state index in [0.717, 1.165) is 53.9 Å². The highest BCUT2D eigenvalue weighted by Gasteiger charge is 2.35. The summed E-state index contributed by atoms with van der Waals surface area (Å²) in [6.45, 7) is -1.16. The number of carboxylic acid groups (broad SMARTS) is 2. The van der Waals surface area contributed by atoms with Gasteiger partial charge in [0.05, 0.1) is 21.0 Å². The number of carbonyl (C=O) groups excluding carboxylic acids is 1. The van der Waals surface area contributed by atoms with E-state index in [1.54, 1.807) is 6.08 Å². The Morgan fingerprint density at radius 1 is 0.953 bits per heavy atom. The molecule has 1 saturated heterocycles. The van der Waals surface area contributed by atoms with Crippen molar-refractivity contribution in [1.82, 2.24) is 9.47 Å². The second kappa shape index (κ2) is 12.3. The van der Waals surface area contributed by atoms with E-state index in [0.29, 0.717) is 5.03 Å². The van der Waals surface area contributed by atoms with Gasteiger partial charge in [0, 0.05) is 16.8 Å². The lowest BCUT2D eigenvalue weighted by Gasteiger charge is -2.21. The van der Waals surface area contributed by atoms with Gasteiger partial charge >= 0.3 is 11.9 Å². The highest BCUT2D eigenvalue weighted by Crippen LogP contribution is 2.49. The minimum atomic E-state index is -4.18. The Labute approximate surface area is 261 Å². The molecule has 2 aliphatic heterocycles. The zero-order valence-corrected chi connectivity index (χ0v) is 25.9. The third-order valence-electron chi connectivity index (χ3n) is 6.31. The lowest BCUT2D eigenvalue weighted by atomic mass is 10.1. The van der Waals surface area contributed by atoms with Crippen LogP contribution in [0, 0.1) is 0 Å². The number of benzene rings is 2. The van der Waals surface area contributed by atoms with E-state index in [2.05, 4.69) is 0 Å². The molecule has 0 saturated carbocycles. The standard InChI is InChI=1S/C26H21N3O9S5/c30-19(31)12-28-23(34)17(41-25(28)22-24(35)29(13-20(32)33)26(39)42-22)8-9-18-27(10-3-11-43(36,37)38)21-15-5-2-1-4-14(15)6-7-16(21)40-18/h1-2,4-9H,3,10-13H2,(H,30,31)(H,32,33)(H,36,37,38)/b17-8+,18-9-,25-22+. The van der Waals surface area contributed by atoms with E-state index in [-0.39, 0.29) is 31.4 Å². The van der Waals surface area contributed by atoms with Crippen molar-refractivity contribution >= 4 is 107 Å². The lowest BCUT2D eigenvalue weighted by molar-refractivity contribution is -0.140. The average molecular weight is 680 g/mol. The first-order valence-corrected chi connectivity index (χ1v) is 16.9. The van der Waals surface area contributed by atoms with Crippen molar-refractivity contribution in [1.29, 1.82) is 0 Å². The Hall–Kier alpha value is -3.48. The number of thioether (sulfide) groups is 2. The molecule has 2 aliphatic rings. The van der Waals surface area contributed by atoms with Gasteiger partial charge in [0.25, 0.3) is 21.6 Å². The summed E-state index contributed by atoms with van der Waals surface area (Å²) in [5, 5.41) is 21.2. The molecule has 3 heterocycles. The number of anilines is 1. The zero-order chi connectivity index (χ0) is 31.1. The predicted octanol–water partition coefficient (Wildman–Crippen LogP) is 1.71. The number of thiocarbonyl (C=S) groups is 1. The minimum absolute atomic E-state index is 0.0225. The monoisotopic (exact) mass is 679 g/mol. The Bertz CT molecular complexity index is 2030. The van der Waals surface area contributed by atoms with Crippen LogP contribution in [0.4, 0.5) is 5.69 Å². The third kappa shape index (κ3) is 6.56. The molecule has 224 valence electrons. The predicted molar refractivity (Wildman–Crippen MR) is 169 cm³/mol. The third-order valence-corrected chi connectivity index (χ3v) is 10.9. The smallest absolute Gasteiger partial charge is 0.323 e. The van der Waals surface area contributed by atoms with Crippen LogP contribution in [0.1, 0.15) is 6.42 Å². The van der Waals surface area contributed by atoms with Crippen molar-refractivity contribution in [2.24, 2.45) is 0 Å². The fourth-order valence-corrected chi connectivity index (χ4v) is 8.61. The molecular weight excluding hydrogens is 659 g/mol. The molecule has 12 nitrogen and oxygen atoms in total. The maximum absolute atomic E-state index is 13.4. The van der Waals surface area contributed by atoms with Gasteiger partial charge in [-0.3, -0.25) is 33.2 Å². The van der Waals surface area contributed by atoms with Gasteiger partial charge < -0.3 is 15.1 Å². The largest absolute Gasteiger partial charge is 0.480 e. The Morgan fingerprint density at radius 3 is 2.37 bits per heavy atom. The fraction of sp³-hybridized carbons (Fsp3) is 0.192. The average Bonchev–Trinajstić information content (AvgIpc) is 3.53. The highest BCUT2D eigenvalue weighted by atomic mass is 32.2. The minimum Gasteiger partial charge on any atom is -0.480 e. The quantitative estimate of drug-likeness (QED) is 0.221. The molecule has 0 bridgehead atoms. The molecule has 3 N–H and O–H groups in total. The molecule has 0 unspecified atom stereocenters. The van der Waals surface area contributed by atoms with E-state index in [9.17, 15) is 37.3 Å². The summed E-state index contributed by atoms with van der Waals surface area (Å²) in [7, 11) is -4.18. The van der Waals surface area contributed by atoms with Crippen molar-refractivity contribution in [3.8, 4) is 0 Å². The van der Waals surface area contributed by atoms with Crippen LogP contribution in [0.15, 0.2) is 57.2 Å². The van der Waals surface area contributed by atoms with Gasteiger partial charge in [-0.05, 0) is 30.0 Å². The normalized spacial score (nSPS) is 17.9. The lowest BCUT2D eigenvalue weighted by Crippen LogP contribution is -2.36. The second-order valence-corrected chi connectivity index (χ2v) is 14.5. The van der Waals surface area contributed by atoms with Crippen LogP contribution in [0.25, 0.3) is 21.8 Å². The molecule has 1 fully saturated rings. The van der Waals surface area contributed by atoms with Crippen LogP contribution in [0.5, 0.6) is 0 Å². The van der Waals surface area contributed by atoms with Gasteiger partial charge in [0.2, 0.25) is 0 Å². The maximum atomic E-state index is 13.4. The summed E-state index contributed by atoms with van der Waals surface area (Å²) >= 11 is 8.22. The second-order valence-electron chi connectivity index (χ2n) is 9.24. The molecule has 2 aromatic carbocycles. The van der Waals surface area contributed by atoms with Crippen LogP contribution < -0.4 is 19.7 Å². The number of aromatic nitrogens is 1. The van der Waals surface area contributed by atoms with E-state index >= 15 is 0 Å². The number of hydrogen-bond acceptors (Lipinski definition) is 11. The number of aliphatic carboxylic acids is 2. The molecular formula is C26H21N3O9S5. The number of carboxylic acids is 2. The number of rotatable bonds is 9. The van der Waals surface area contributed by atoms with Crippen molar-refractivity contribution in [3.05, 3.63) is 67.1 Å². The molecule has 3 aromatic rings. The van der Waals surface area contributed by atoms with Crippen LogP contribution in [-0.4, -0.2) is 73.7 Å². The van der Waals surface area contributed by atoms with E-state index < -0.39 is 52.4 Å². The number of hydrogen-bond donors (Lipinski definition) is 3. The van der Waals surface area contributed by atoms with Crippen LogP contribution >= 0.6 is 47.1 Å². The first-order valence-electron chi connectivity index (χ1n) is 12.4. The zero-order valence-electron chi connectivity index (χ0n) is 21.8. The van der Waals surface area contributed by atoms with Gasteiger partial charge in [0.15, 0.2) is 0 Å². The van der Waals surface area contributed by atoms with Gasteiger partial charge in [0.1, 0.15) is 27.0 Å². The molecule has 0 atom stereocenters. The van der Waals surface area contributed by atoms with Crippen molar-refractivity contribution in [3.63, 3.8) is 0 Å². The number of fused-ring (bicyclic) bond motifs is 3. The summed E-state index contributed by atoms with van der Waals surface area (Å²) < 4.78 is 33.1. The van der Waals surface area contributed by atoms with Crippen LogP contribution in [0.3, 0.4) is 0 Å². The van der Waals surface area contributed by atoms with E-state index in [1.807, 2.05) is 41.3 Å². The number of allylic oxidation sites excluding steroid dienone is 1. The topological polar surface area (TPSA) is 175 Å². The molecule has 1 aromatic heterocycles.